The Bertz CT molecular complexity index is 265. The zero-order valence-electron chi connectivity index (χ0n) is 11.4. The Morgan fingerprint density at radius 1 is 1.11 bits per heavy atom. The normalized spacial score (nSPS) is 33.7. The molecular formula is C14H26N2OS. The molecule has 0 aromatic carbocycles. The summed E-state index contributed by atoms with van der Waals surface area (Å²) >= 11 is 1.91. The van der Waals surface area contributed by atoms with Crippen molar-refractivity contribution in [2.45, 2.75) is 68.7 Å². The molecule has 4 heteroatoms. The number of thioether (sulfide) groups is 1. The molecule has 0 bridgehead atoms. The van der Waals surface area contributed by atoms with E-state index in [0.29, 0.717) is 11.3 Å². The lowest BCUT2D eigenvalue weighted by atomic mass is 9.94. The Hall–Kier alpha value is -0.220. The lowest BCUT2D eigenvalue weighted by molar-refractivity contribution is -0.124. The van der Waals surface area contributed by atoms with Crippen LogP contribution in [0.1, 0.15) is 51.4 Å². The number of nitrogens with one attached hydrogen (secondary N) is 2. The van der Waals surface area contributed by atoms with Crippen molar-refractivity contribution in [1.82, 2.24) is 10.6 Å². The standard InChI is InChI=1S/C14H26N2OS/c1-18-13-9-5-4-7-11(13)16-14(17)12-8-3-2-6-10-15-12/h11-13,15H,2-10H2,1H3,(H,16,17). The number of hydrogen-bond donors (Lipinski definition) is 2. The third-order valence-electron chi connectivity index (χ3n) is 4.21. The highest BCUT2D eigenvalue weighted by Crippen LogP contribution is 2.27. The van der Waals surface area contributed by atoms with Crippen molar-refractivity contribution in [1.29, 1.82) is 0 Å². The minimum absolute atomic E-state index is 0.0527. The Kier molecular flexibility index (Phi) is 5.83. The fourth-order valence-corrected chi connectivity index (χ4v) is 4.01. The molecule has 1 heterocycles. The topological polar surface area (TPSA) is 41.1 Å². The van der Waals surface area contributed by atoms with E-state index in [1.54, 1.807) is 0 Å². The number of rotatable bonds is 3. The van der Waals surface area contributed by atoms with Gasteiger partial charge in [-0.05, 0) is 38.5 Å². The van der Waals surface area contributed by atoms with Gasteiger partial charge >= 0.3 is 0 Å². The minimum atomic E-state index is 0.0527. The highest BCUT2D eigenvalue weighted by atomic mass is 32.2. The van der Waals surface area contributed by atoms with Gasteiger partial charge in [0.05, 0.1) is 6.04 Å². The molecule has 0 aromatic heterocycles. The first-order valence-electron chi connectivity index (χ1n) is 7.38. The fourth-order valence-electron chi connectivity index (χ4n) is 3.08. The molecule has 104 valence electrons. The maximum Gasteiger partial charge on any atom is 0.237 e. The maximum atomic E-state index is 12.3. The van der Waals surface area contributed by atoms with Crippen molar-refractivity contribution in [2.24, 2.45) is 0 Å². The van der Waals surface area contributed by atoms with Crippen LogP contribution in [0, 0.1) is 0 Å². The van der Waals surface area contributed by atoms with E-state index in [1.165, 1.54) is 38.5 Å². The Balaban J connectivity index is 1.84. The lowest BCUT2D eigenvalue weighted by Gasteiger charge is -2.32. The van der Waals surface area contributed by atoms with Gasteiger partial charge in [-0.15, -0.1) is 0 Å². The average Bonchev–Trinajstić information content (AvgIpc) is 2.68. The van der Waals surface area contributed by atoms with Gasteiger partial charge in [0.1, 0.15) is 0 Å². The summed E-state index contributed by atoms with van der Waals surface area (Å²) in [6.45, 7) is 0.995. The third kappa shape index (κ3) is 3.89. The molecule has 18 heavy (non-hydrogen) atoms. The van der Waals surface area contributed by atoms with Crippen molar-refractivity contribution < 1.29 is 4.79 Å². The first-order chi connectivity index (χ1) is 8.81. The monoisotopic (exact) mass is 270 g/mol. The largest absolute Gasteiger partial charge is 0.351 e. The van der Waals surface area contributed by atoms with Gasteiger partial charge in [-0.25, -0.2) is 0 Å². The Labute approximate surface area is 115 Å². The van der Waals surface area contributed by atoms with Gasteiger partial charge in [-0.1, -0.05) is 25.7 Å². The van der Waals surface area contributed by atoms with Crippen molar-refractivity contribution in [2.75, 3.05) is 12.8 Å². The van der Waals surface area contributed by atoms with Crippen LogP contribution in [0.15, 0.2) is 0 Å². The number of carbonyl (C=O) groups is 1. The van der Waals surface area contributed by atoms with Gasteiger partial charge in [0.25, 0.3) is 0 Å². The van der Waals surface area contributed by atoms with Gasteiger partial charge in [-0.2, -0.15) is 11.8 Å². The highest BCUT2D eigenvalue weighted by molar-refractivity contribution is 7.99. The fraction of sp³-hybridized carbons (Fsp3) is 0.929. The van der Waals surface area contributed by atoms with Gasteiger partial charge in [0.2, 0.25) is 5.91 Å². The summed E-state index contributed by atoms with van der Waals surface area (Å²) in [4.78, 5) is 12.3. The van der Waals surface area contributed by atoms with Crippen LogP contribution in [0.25, 0.3) is 0 Å². The molecule has 0 radical (unpaired) electrons. The summed E-state index contributed by atoms with van der Waals surface area (Å²) < 4.78 is 0. The molecule has 1 saturated heterocycles. The predicted octanol–water partition coefficient (Wildman–Crippen LogP) is 2.31. The van der Waals surface area contributed by atoms with E-state index in [4.69, 9.17) is 0 Å². The summed E-state index contributed by atoms with van der Waals surface area (Å²) in [5.74, 6) is 0.239. The zero-order chi connectivity index (χ0) is 12.8. The second-order valence-electron chi connectivity index (χ2n) is 5.53. The molecule has 0 aromatic rings. The molecular weight excluding hydrogens is 244 g/mol. The zero-order valence-corrected chi connectivity index (χ0v) is 12.2. The van der Waals surface area contributed by atoms with Gasteiger partial charge in [-0.3, -0.25) is 4.79 Å². The van der Waals surface area contributed by atoms with E-state index >= 15 is 0 Å². The molecule has 1 aliphatic heterocycles. The number of amides is 1. The smallest absolute Gasteiger partial charge is 0.237 e. The first kappa shape index (κ1) is 14.2. The van der Waals surface area contributed by atoms with E-state index in [0.717, 1.165) is 19.4 Å². The van der Waals surface area contributed by atoms with Crippen molar-refractivity contribution in [3.05, 3.63) is 0 Å². The summed E-state index contributed by atoms with van der Waals surface area (Å²) in [5.41, 5.74) is 0. The van der Waals surface area contributed by atoms with Crippen LogP contribution in [0.2, 0.25) is 0 Å². The van der Waals surface area contributed by atoms with E-state index in [9.17, 15) is 4.79 Å². The predicted molar refractivity (Wildman–Crippen MR) is 78.0 cm³/mol. The second-order valence-corrected chi connectivity index (χ2v) is 6.61. The van der Waals surface area contributed by atoms with E-state index < -0.39 is 0 Å². The van der Waals surface area contributed by atoms with Crippen LogP contribution in [-0.4, -0.2) is 36.0 Å². The SMILES string of the molecule is CSC1CCCCC1NC(=O)C1CCCCCN1. The molecule has 0 spiro atoms. The summed E-state index contributed by atoms with van der Waals surface area (Å²) in [7, 11) is 0. The Morgan fingerprint density at radius 3 is 2.72 bits per heavy atom. The van der Waals surface area contributed by atoms with Crippen LogP contribution < -0.4 is 10.6 Å². The Morgan fingerprint density at radius 2 is 1.89 bits per heavy atom. The average molecular weight is 270 g/mol. The van der Waals surface area contributed by atoms with Crippen LogP contribution in [-0.2, 0) is 4.79 Å². The molecule has 3 nitrogen and oxygen atoms in total. The third-order valence-corrected chi connectivity index (χ3v) is 5.38. The number of hydrogen-bond acceptors (Lipinski definition) is 3. The van der Waals surface area contributed by atoms with Crippen LogP contribution >= 0.6 is 11.8 Å². The lowest BCUT2D eigenvalue weighted by Crippen LogP contribution is -2.51. The minimum Gasteiger partial charge on any atom is -0.351 e. The molecule has 2 N–H and O–H groups in total. The summed E-state index contributed by atoms with van der Waals surface area (Å²) in [5, 5.41) is 7.30. The molecule has 1 amide bonds. The van der Waals surface area contributed by atoms with Gasteiger partial charge in [0.15, 0.2) is 0 Å². The van der Waals surface area contributed by atoms with Crippen LogP contribution in [0.3, 0.4) is 0 Å². The second kappa shape index (κ2) is 7.39. The van der Waals surface area contributed by atoms with Crippen molar-refractivity contribution in [3.8, 4) is 0 Å². The van der Waals surface area contributed by atoms with E-state index in [1.807, 2.05) is 11.8 Å². The van der Waals surface area contributed by atoms with Crippen molar-refractivity contribution in [3.63, 3.8) is 0 Å². The quantitative estimate of drug-likeness (QED) is 0.827. The molecule has 3 atom stereocenters. The van der Waals surface area contributed by atoms with Crippen LogP contribution in [0.4, 0.5) is 0 Å². The molecule has 3 unspecified atom stereocenters. The van der Waals surface area contributed by atoms with Crippen LogP contribution in [0.5, 0.6) is 0 Å². The molecule has 2 rings (SSSR count). The van der Waals surface area contributed by atoms with E-state index in [-0.39, 0.29) is 11.9 Å². The molecule has 2 fully saturated rings. The van der Waals surface area contributed by atoms with Gasteiger partial charge < -0.3 is 10.6 Å². The summed E-state index contributed by atoms with van der Waals surface area (Å²) in [6, 6.07) is 0.447. The maximum absolute atomic E-state index is 12.3. The number of carbonyl (C=O) groups excluding carboxylic acids is 1. The first-order valence-corrected chi connectivity index (χ1v) is 8.66. The van der Waals surface area contributed by atoms with Gasteiger partial charge in [0, 0.05) is 11.3 Å². The molecule has 1 saturated carbocycles. The van der Waals surface area contributed by atoms with Crippen molar-refractivity contribution >= 4 is 17.7 Å². The highest BCUT2D eigenvalue weighted by Gasteiger charge is 2.28. The molecule has 2 aliphatic rings. The van der Waals surface area contributed by atoms with E-state index in [2.05, 4.69) is 16.9 Å². The molecule has 1 aliphatic carbocycles. The summed E-state index contributed by atoms with van der Waals surface area (Å²) in [6.07, 6.45) is 11.8.